The van der Waals surface area contributed by atoms with Gasteiger partial charge in [0, 0.05) is 12.8 Å². The lowest BCUT2D eigenvalue weighted by atomic mass is 10.4. The number of hydrogen-bond donors (Lipinski definition) is 0. The van der Waals surface area contributed by atoms with Crippen molar-refractivity contribution in [2.24, 2.45) is 0 Å². The van der Waals surface area contributed by atoms with Crippen molar-refractivity contribution >= 4 is 10.0 Å². The quantitative estimate of drug-likeness (QED) is 0.718. The third-order valence-electron chi connectivity index (χ3n) is 2.56. The molecule has 0 aromatic carbocycles. The van der Waals surface area contributed by atoms with Gasteiger partial charge >= 0.3 is 6.18 Å². The van der Waals surface area contributed by atoms with Gasteiger partial charge in [0.15, 0.2) is 5.88 Å². The van der Waals surface area contributed by atoms with Gasteiger partial charge in [-0.15, -0.1) is 0 Å². The fraction of sp³-hybridized carbons (Fsp3) is 1.00. The monoisotopic (exact) mass is 260 g/mol. The minimum Gasteiger partial charge on any atom is -0.537 e. The molecule has 0 aliphatic carbocycles. The van der Waals surface area contributed by atoms with Gasteiger partial charge in [-0.05, 0) is 6.54 Å². The minimum absolute atomic E-state index is 0.268. The van der Waals surface area contributed by atoms with E-state index in [4.69, 9.17) is 0 Å². The van der Waals surface area contributed by atoms with Gasteiger partial charge < -0.3 is 9.21 Å². The lowest BCUT2D eigenvalue weighted by Crippen LogP contribution is -2.44. The van der Waals surface area contributed by atoms with Crippen molar-refractivity contribution in [3.63, 3.8) is 0 Å². The predicted octanol–water partition coefficient (Wildman–Crippen LogP) is 1.45. The summed E-state index contributed by atoms with van der Waals surface area (Å²) in [6.45, 7) is -0.253. The molecule has 0 saturated carbocycles. The summed E-state index contributed by atoms with van der Waals surface area (Å²) >= 11 is 0. The van der Waals surface area contributed by atoms with Crippen LogP contribution in [0.1, 0.15) is 12.8 Å². The first kappa shape index (κ1) is 13.7. The van der Waals surface area contributed by atoms with E-state index in [-0.39, 0.29) is 10.4 Å². The number of likely N-dealkylation sites (tertiary alicyclic amines) is 1. The van der Waals surface area contributed by atoms with E-state index in [9.17, 15) is 21.6 Å². The average Bonchev–Trinajstić information content (AvgIpc) is 2.46. The molecule has 0 radical (unpaired) electrons. The molecular formula is C8H15F3N2O2S. The highest BCUT2D eigenvalue weighted by Crippen LogP contribution is 2.23. The molecule has 0 amide bonds. The Kier molecular flexibility index (Phi) is 3.86. The molecule has 4 nitrogen and oxygen atoms in total. The van der Waals surface area contributed by atoms with Crippen molar-refractivity contribution in [1.29, 1.82) is 0 Å². The highest BCUT2D eigenvalue weighted by atomic mass is 32.2. The Balaban J connectivity index is 2.52. The van der Waals surface area contributed by atoms with Gasteiger partial charge in [0.1, 0.15) is 10.0 Å². The summed E-state index contributed by atoms with van der Waals surface area (Å²) in [5.41, 5.74) is 0. The molecule has 1 heterocycles. The third-order valence-corrected chi connectivity index (χ3v) is 4.03. The molecule has 96 valence electrons. The molecule has 0 bridgehead atoms. The first-order valence-electron chi connectivity index (χ1n) is 4.94. The molecule has 0 N–H and O–H groups in total. The summed E-state index contributed by atoms with van der Waals surface area (Å²) in [6.07, 6.45) is -2.74. The minimum atomic E-state index is -4.56. The van der Waals surface area contributed by atoms with Crippen LogP contribution in [-0.4, -0.2) is 51.6 Å². The first-order chi connectivity index (χ1) is 7.12. The van der Waals surface area contributed by atoms with Crippen LogP contribution in [-0.2, 0) is 10.0 Å². The second kappa shape index (κ2) is 4.50. The number of quaternary nitrogens is 1. The molecule has 0 aromatic heterocycles. The molecule has 0 aromatic rings. The summed E-state index contributed by atoms with van der Waals surface area (Å²) in [5.74, 6) is -0.330. The number of sulfonamides is 1. The van der Waals surface area contributed by atoms with E-state index in [1.807, 2.05) is 0 Å². The number of hydrogen-bond acceptors (Lipinski definition) is 2. The molecule has 1 rings (SSSR count). The standard InChI is InChI=1S/C8H15F3N2O2S/c1-13(4-2-3-5-13)7-16(14,15)12-6-8(9,10)11/h2-7H2,1H3. The molecule has 0 atom stereocenters. The third kappa shape index (κ3) is 4.67. The summed E-state index contributed by atoms with van der Waals surface area (Å²) in [7, 11) is -2.25. The molecule has 0 spiro atoms. The Morgan fingerprint density at radius 3 is 2.19 bits per heavy atom. The SMILES string of the molecule is C[N+]1(CS(=O)(=O)[N-]CC(F)(F)F)CCCC1. The van der Waals surface area contributed by atoms with Crippen molar-refractivity contribution in [2.75, 3.05) is 32.6 Å². The molecule has 8 heteroatoms. The van der Waals surface area contributed by atoms with E-state index in [1.165, 1.54) is 0 Å². The van der Waals surface area contributed by atoms with E-state index in [0.717, 1.165) is 12.8 Å². The van der Waals surface area contributed by atoms with Crippen LogP contribution in [0.4, 0.5) is 13.2 Å². The van der Waals surface area contributed by atoms with Gasteiger partial charge in [0.05, 0.1) is 20.1 Å². The summed E-state index contributed by atoms with van der Waals surface area (Å²) in [4.78, 5) is 0. The smallest absolute Gasteiger partial charge is 0.371 e. The van der Waals surface area contributed by atoms with Crippen molar-refractivity contribution in [3.05, 3.63) is 4.72 Å². The number of nitrogens with zero attached hydrogens (tertiary/aromatic N) is 2. The molecular weight excluding hydrogens is 245 g/mol. The van der Waals surface area contributed by atoms with Crippen LogP contribution in [0.5, 0.6) is 0 Å². The molecule has 1 fully saturated rings. The zero-order valence-electron chi connectivity index (χ0n) is 9.00. The Morgan fingerprint density at radius 2 is 1.75 bits per heavy atom. The Bertz CT molecular complexity index is 334. The number of rotatable bonds is 4. The van der Waals surface area contributed by atoms with Gasteiger partial charge in [-0.25, -0.2) is 8.42 Å². The topological polar surface area (TPSA) is 48.2 Å². The lowest BCUT2D eigenvalue weighted by molar-refractivity contribution is -0.885. The van der Waals surface area contributed by atoms with Crippen LogP contribution in [0.25, 0.3) is 4.72 Å². The highest BCUT2D eigenvalue weighted by Gasteiger charge is 2.30. The van der Waals surface area contributed by atoms with Crippen LogP contribution < -0.4 is 0 Å². The van der Waals surface area contributed by atoms with E-state index < -0.39 is 22.7 Å². The van der Waals surface area contributed by atoms with Crippen molar-refractivity contribution < 1.29 is 26.1 Å². The van der Waals surface area contributed by atoms with E-state index in [2.05, 4.69) is 4.72 Å². The Labute approximate surface area is 93.1 Å². The molecule has 0 unspecified atom stereocenters. The zero-order chi connectivity index (χ0) is 12.4. The summed E-state index contributed by atoms with van der Waals surface area (Å²) < 4.78 is 61.2. The van der Waals surface area contributed by atoms with Gasteiger partial charge in [0.25, 0.3) is 0 Å². The second-order valence-electron chi connectivity index (χ2n) is 4.39. The van der Waals surface area contributed by atoms with Crippen LogP contribution in [0, 0.1) is 0 Å². The summed E-state index contributed by atoms with van der Waals surface area (Å²) in [6, 6.07) is 0. The Hall–Kier alpha value is -0.340. The van der Waals surface area contributed by atoms with Gasteiger partial charge in [0.2, 0.25) is 0 Å². The van der Waals surface area contributed by atoms with Crippen LogP contribution in [0.15, 0.2) is 0 Å². The van der Waals surface area contributed by atoms with Crippen molar-refractivity contribution in [1.82, 2.24) is 0 Å². The van der Waals surface area contributed by atoms with E-state index in [1.54, 1.807) is 7.05 Å². The van der Waals surface area contributed by atoms with E-state index >= 15 is 0 Å². The lowest BCUT2D eigenvalue weighted by Gasteiger charge is -2.32. The van der Waals surface area contributed by atoms with Crippen LogP contribution in [0.3, 0.4) is 0 Å². The van der Waals surface area contributed by atoms with E-state index in [0.29, 0.717) is 13.1 Å². The van der Waals surface area contributed by atoms with Crippen molar-refractivity contribution in [3.8, 4) is 0 Å². The maximum atomic E-state index is 11.8. The highest BCUT2D eigenvalue weighted by molar-refractivity contribution is 7.93. The largest absolute Gasteiger partial charge is 0.537 e. The van der Waals surface area contributed by atoms with Gasteiger partial charge in [-0.1, -0.05) is 0 Å². The van der Waals surface area contributed by atoms with Crippen LogP contribution in [0.2, 0.25) is 0 Å². The first-order valence-corrected chi connectivity index (χ1v) is 6.55. The Morgan fingerprint density at radius 1 is 1.25 bits per heavy atom. The fourth-order valence-corrected chi connectivity index (χ4v) is 3.30. The fourth-order valence-electron chi connectivity index (χ4n) is 1.83. The number of alkyl halides is 3. The maximum Gasteiger partial charge on any atom is 0.371 e. The van der Waals surface area contributed by atoms with Gasteiger partial charge in [-0.3, -0.25) is 0 Å². The van der Waals surface area contributed by atoms with Crippen molar-refractivity contribution in [2.45, 2.75) is 19.0 Å². The molecule has 1 aliphatic heterocycles. The predicted molar refractivity (Wildman–Crippen MR) is 53.2 cm³/mol. The van der Waals surface area contributed by atoms with Gasteiger partial charge in [-0.2, -0.15) is 13.2 Å². The average molecular weight is 260 g/mol. The zero-order valence-corrected chi connectivity index (χ0v) is 9.81. The normalized spacial score (nSPS) is 21.2. The number of halogens is 3. The van der Waals surface area contributed by atoms with Crippen LogP contribution >= 0.6 is 0 Å². The maximum absolute atomic E-state index is 11.8. The summed E-state index contributed by atoms with van der Waals surface area (Å²) in [5, 5.41) is 0. The molecule has 1 saturated heterocycles. The molecule has 1 aliphatic rings. The second-order valence-corrected chi connectivity index (χ2v) is 6.07. The molecule has 16 heavy (non-hydrogen) atoms.